The smallest absolute Gasteiger partial charge is 0.0748 e. The van der Waals surface area contributed by atoms with Gasteiger partial charge in [-0.05, 0) is 54.8 Å². The Labute approximate surface area is 141 Å². The van der Waals surface area contributed by atoms with Crippen molar-refractivity contribution in [2.75, 3.05) is 6.54 Å². The molecule has 0 saturated carbocycles. The number of rotatable bonds is 3. The van der Waals surface area contributed by atoms with E-state index >= 15 is 0 Å². The summed E-state index contributed by atoms with van der Waals surface area (Å²) in [5.41, 5.74) is 3.63. The molecule has 1 unspecified atom stereocenters. The Hall–Kier alpha value is -1.65. The normalized spacial score (nSPS) is 25.0. The molecule has 4 heteroatoms. The van der Waals surface area contributed by atoms with Crippen LogP contribution in [0.5, 0.6) is 0 Å². The first-order chi connectivity index (χ1) is 11.4. The Kier molecular flexibility index (Phi) is 4.19. The lowest BCUT2D eigenvalue weighted by Crippen LogP contribution is -2.35. The largest absolute Gasteiger partial charge is 0.411 e. The van der Waals surface area contributed by atoms with Gasteiger partial charge in [-0.25, -0.2) is 0 Å². The van der Waals surface area contributed by atoms with Gasteiger partial charge in [0.1, 0.15) is 0 Å². The molecule has 23 heavy (non-hydrogen) atoms. The van der Waals surface area contributed by atoms with Gasteiger partial charge in [0.15, 0.2) is 0 Å². The van der Waals surface area contributed by atoms with Crippen LogP contribution in [-0.4, -0.2) is 28.9 Å². The molecule has 2 atom stereocenters. The fourth-order valence-corrected chi connectivity index (χ4v) is 5.07. The van der Waals surface area contributed by atoms with Gasteiger partial charge in [0, 0.05) is 22.5 Å². The van der Waals surface area contributed by atoms with E-state index < -0.39 is 0 Å². The zero-order valence-electron chi connectivity index (χ0n) is 13.2. The molecule has 4 rings (SSSR count). The van der Waals surface area contributed by atoms with Crippen molar-refractivity contribution in [3.8, 4) is 10.4 Å². The maximum Gasteiger partial charge on any atom is 0.0748 e. The first kappa shape index (κ1) is 14.9. The first-order valence-corrected chi connectivity index (χ1v) is 9.36. The van der Waals surface area contributed by atoms with Gasteiger partial charge in [-0.1, -0.05) is 35.8 Å². The minimum absolute atomic E-state index is 0.608. The Morgan fingerprint density at radius 2 is 1.96 bits per heavy atom. The third-order valence-electron chi connectivity index (χ3n) is 5.30. The van der Waals surface area contributed by atoms with E-state index in [2.05, 4.69) is 34.3 Å². The molecule has 0 bridgehead atoms. The molecule has 120 valence electrons. The third-order valence-corrected chi connectivity index (χ3v) is 6.28. The highest BCUT2D eigenvalue weighted by atomic mass is 32.1. The summed E-state index contributed by atoms with van der Waals surface area (Å²) in [6.07, 6.45) is 8.30. The Morgan fingerprint density at radius 1 is 1.09 bits per heavy atom. The molecule has 2 aliphatic rings. The summed E-state index contributed by atoms with van der Waals surface area (Å²) in [4.78, 5) is 3.89. The molecule has 0 amide bonds. The molecule has 2 fully saturated rings. The molecule has 0 spiro atoms. The lowest BCUT2D eigenvalue weighted by Gasteiger charge is -2.34. The molecule has 0 radical (unpaired) electrons. The van der Waals surface area contributed by atoms with Gasteiger partial charge < -0.3 is 5.21 Å². The molecule has 3 heterocycles. The summed E-state index contributed by atoms with van der Waals surface area (Å²) in [5, 5.41) is 14.0. The number of benzene rings is 1. The van der Waals surface area contributed by atoms with E-state index in [9.17, 15) is 0 Å². The highest BCUT2D eigenvalue weighted by molar-refractivity contribution is 7.14. The average Bonchev–Trinajstić information content (AvgIpc) is 3.22. The Morgan fingerprint density at radius 3 is 2.78 bits per heavy atom. The maximum atomic E-state index is 8.78. The number of piperidine rings is 1. The fraction of sp³-hybridized carbons (Fsp3) is 0.421. The molecule has 1 aromatic heterocycles. The minimum atomic E-state index is 0.608. The van der Waals surface area contributed by atoms with E-state index in [0.29, 0.717) is 6.04 Å². The second-order valence-corrected chi connectivity index (χ2v) is 7.47. The molecule has 2 saturated heterocycles. The van der Waals surface area contributed by atoms with Crippen molar-refractivity contribution >= 4 is 17.6 Å². The predicted molar refractivity (Wildman–Crippen MR) is 95.5 cm³/mol. The molecule has 2 aromatic rings. The summed E-state index contributed by atoms with van der Waals surface area (Å²) < 4.78 is 0. The molecular formula is C19H22N2OS. The number of hydrogen-bond donors (Lipinski definition) is 1. The summed E-state index contributed by atoms with van der Waals surface area (Å²) in [6, 6.07) is 12.4. The van der Waals surface area contributed by atoms with Crippen molar-refractivity contribution in [2.24, 2.45) is 5.16 Å². The average molecular weight is 326 g/mol. The van der Waals surface area contributed by atoms with Crippen LogP contribution in [0.1, 0.15) is 49.3 Å². The van der Waals surface area contributed by atoms with Gasteiger partial charge in [-0.2, -0.15) is 0 Å². The van der Waals surface area contributed by atoms with Gasteiger partial charge in [0.25, 0.3) is 0 Å². The van der Waals surface area contributed by atoms with Crippen molar-refractivity contribution in [2.45, 2.75) is 44.2 Å². The quantitative estimate of drug-likeness (QED) is 0.494. The van der Waals surface area contributed by atoms with Crippen LogP contribution in [0.15, 0.2) is 40.9 Å². The number of thiophene rings is 1. The van der Waals surface area contributed by atoms with Crippen LogP contribution < -0.4 is 0 Å². The van der Waals surface area contributed by atoms with E-state index in [1.807, 2.05) is 11.4 Å². The molecule has 0 aliphatic carbocycles. The Balaban J connectivity index is 1.57. The molecular weight excluding hydrogens is 304 g/mol. The molecule has 1 aromatic carbocycles. The lowest BCUT2D eigenvalue weighted by molar-refractivity contribution is 0.150. The highest BCUT2D eigenvalue weighted by Gasteiger charge is 2.35. The zero-order chi connectivity index (χ0) is 15.6. The van der Waals surface area contributed by atoms with E-state index in [4.69, 9.17) is 5.21 Å². The van der Waals surface area contributed by atoms with Gasteiger partial charge in [0.05, 0.1) is 6.21 Å². The van der Waals surface area contributed by atoms with Crippen LogP contribution in [0, 0.1) is 0 Å². The molecule has 3 nitrogen and oxygen atoms in total. The monoisotopic (exact) mass is 326 g/mol. The maximum absolute atomic E-state index is 8.78. The van der Waals surface area contributed by atoms with Crippen LogP contribution in [0.2, 0.25) is 0 Å². The van der Waals surface area contributed by atoms with Crippen LogP contribution in [-0.2, 0) is 0 Å². The first-order valence-electron chi connectivity index (χ1n) is 8.48. The van der Waals surface area contributed by atoms with Crippen molar-refractivity contribution in [1.29, 1.82) is 0 Å². The minimum Gasteiger partial charge on any atom is -0.411 e. The van der Waals surface area contributed by atoms with E-state index in [0.717, 1.165) is 16.5 Å². The number of fused-ring (bicyclic) bond motifs is 1. The van der Waals surface area contributed by atoms with E-state index in [1.54, 1.807) is 11.3 Å². The van der Waals surface area contributed by atoms with E-state index in [-0.39, 0.29) is 0 Å². The van der Waals surface area contributed by atoms with Crippen molar-refractivity contribution < 1.29 is 5.21 Å². The van der Waals surface area contributed by atoms with E-state index in [1.165, 1.54) is 56.0 Å². The zero-order valence-corrected chi connectivity index (χ0v) is 14.0. The topological polar surface area (TPSA) is 35.8 Å². The molecule has 2 aliphatic heterocycles. The fourth-order valence-electron chi connectivity index (χ4n) is 4.19. The van der Waals surface area contributed by atoms with Gasteiger partial charge in [-0.3, -0.25) is 4.90 Å². The summed E-state index contributed by atoms with van der Waals surface area (Å²) in [6.45, 7) is 1.26. The van der Waals surface area contributed by atoms with Gasteiger partial charge in [-0.15, -0.1) is 11.3 Å². The second kappa shape index (κ2) is 6.46. The molecule has 1 N–H and O–H groups in total. The highest BCUT2D eigenvalue weighted by Crippen LogP contribution is 2.41. The van der Waals surface area contributed by atoms with Crippen molar-refractivity contribution in [3.05, 3.63) is 46.8 Å². The lowest BCUT2D eigenvalue weighted by atomic mass is 10.0. The second-order valence-electron chi connectivity index (χ2n) is 6.55. The van der Waals surface area contributed by atoms with Crippen LogP contribution in [0.4, 0.5) is 0 Å². The third kappa shape index (κ3) is 2.81. The van der Waals surface area contributed by atoms with Crippen LogP contribution >= 0.6 is 11.3 Å². The standard InChI is InChI=1S/C19H22N2OS/c22-20-13-16-10-12-23-19(16)15-6-4-14(5-7-15)18-9-8-17-3-1-2-11-21(17)18/h4-7,10,12-13,17-18,22H,1-3,8-9,11H2/t17?,18-/m0/s1. The summed E-state index contributed by atoms with van der Waals surface area (Å²) in [7, 11) is 0. The predicted octanol–water partition coefficient (Wildman–Crippen LogP) is 4.91. The van der Waals surface area contributed by atoms with Crippen molar-refractivity contribution in [3.63, 3.8) is 0 Å². The van der Waals surface area contributed by atoms with Gasteiger partial charge >= 0.3 is 0 Å². The SMILES string of the molecule is ON=Cc1ccsc1-c1ccc([C@@H]2CCC3CCCCN32)cc1. The Bertz CT molecular complexity index is 692. The van der Waals surface area contributed by atoms with Crippen LogP contribution in [0.25, 0.3) is 10.4 Å². The summed E-state index contributed by atoms with van der Waals surface area (Å²) in [5.74, 6) is 0. The number of oxime groups is 1. The van der Waals surface area contributed by atoms with Crippen molar-refractivity contribution in [1.82, 2.24) is 4.90 Å². The number of hydrogen-bond acceptors (Lipinski definition) is 4. The summed E-state index contributed by atoms with van der Waals surface area (Å²) >= 11 is 1.69. The number of nitrogens with zero attached hydrogens (tertiary/aromatic N) is 2. The van der Waals surface area contributed by atoms with Gasteiger partial charge in [0.2, 0.25) is 0 Å². The van der Waals surface area contributed by atoms with Crippen LogP contribution in [0.3, 0.4) is 0 Å².